The Labute approximate surface area is 155 Å². The molecule has 0 bridgehead atoms. The molecule has 0 atom stereocenters. The first kappa shape index (κ1) is 18.6. The number of nitrogens with zero attached hydrogens (tertiary/aromatic N) is 3. The molecular weight excluding hydrogens is 410 g/mol. The first-order valence-electron chi connectivity index (χ1n) is 8.29. The maximum absolute atomic E-state index is 12.1. The van der Waals surface area contributed by atoms with Crippen molar-refractivity contribution in [1.29, 1.82) is 0 Å². The van der Waals surface area contributed by atoms with Crippen LogP contribution < -0.4 is 5.76 Å². The Hall–Kier alpha value is -1.16. The molecule has 0 radical (unpaired) electrons. The minimum atomic E-state index is -3.16. The zero-order valence-corrected chi connectivity index (χ0v) is 16.7. The second kappa shape index (κ2) is 7.22. The lowest BCUT2D eigenvalue weighted by Crippen LogP contribution is -2.46. The van der Waals surface area contributed by atoms with Gasteiger partial charge >= 0.3 is 5.76 Å². The van der Waals surface area contributed by atoms with Gasteiger partial charge in [-0.2, -0.15) is 0 Å². The molecule has 1 aromatic carbocycles. The lowest BCUT2D eigenvalue weighted by Gasteiger charge is -2.35. The largest absolute Gasteiger partial charge is 0.421 e. The number of likely N-dealkylation sites (tertiary alicyclic amines) is 1. The van der Waals surface area contributed by atoms with Gasteiger partial charge in [0.1, 0.15) is 0 Å². The molecular formula is C16H22BrN3O4S. The van der Waals surface area contributed by atoms with Crippen LogP contribution in [-0.2, 0) is 16.7 Å². The number of halogens is 1. The van der Waals surface area contributed by atoms with Crippen LogP contribution in [0.5, 0.6) is 0 Å². The van der Waals surface area contributed by atoms with Crippen molar-refractivity contribution in [3.8, 4) is 0 Å². The average Bonchev–Trinajstić information content (AvgIpc) is 2.89. The number of rotatable bonds is 5. The van der Waals surface area contributed by atoms with Gasteiger partial charge in [0.05, 0.1) is 17.9 Å². The smallest absolute Gasteiger partial charge is 0.408 e. The van der Waals surface area contributed by atoms with E-state index in [1.165, 1.54) is 4.31 Å². The minimum Gasteiger partial charge on any atom is -0.408 e. The standard InChI is InChI=1S/C16H22BrN3O4S/c1-3-25(22,23)18(2)13-6-8-19(9-7-13)11-20-14-5-4-12(17)10-15(14)24-16(20)21/h4-5,10,13H,3,6-9,11H2,1-2H3. The second-order valence-corrected chi connectivity index (χ2v) is 9.55. The van der Waals surface area contributed by atoms with Gasteiger partial charge in [0.25, 0.3) is 0 Å². The third-order valence-corrected chi connectivity index (χ3v) is 7.25. The first-order valence-corrected chi connectivity index (χ1v) is 10.7. The molecule has 0 spiro atoms. The number of aromatic nitrogens is 1. The summed E-state index contributed by atoms with van der Waals surface area (Å²) in [5, 5.41) is 0. The van der Waals surface area contributed by atoms with Gasteiger partial charge in [0.15, 0.2) is 5.58 Å². The van der Waals surface area contributed by atoms with E-state index in [9.17, 15) is 13.2 Å². The van der Waals surface area contributed by atoms with Crippen LogP contribution in [0.2, 0.25) is 0 Å². The van der Waals surface area contributed by atoms with E-state index in [1.54, 1.807) is 24.6 Å². The predicted octanol–water partition coefficient (Wildman–Crippen LogP) is 2.06. The highest BCUT2D eigenvalue weighted by molar-refractivity contribution is 9.10. The van der Waals surface area contributed by atoms with Crippen LogP contribution in [0.15, 0.2) is 31.9 Å². The van der Waals surface area contributed by atoms with Crippen LogP contribution in [0.1, 0.15) is 19.8 Å². The summed E-state index contributed by atoms with van der Waals surface area (Å²) in [7, 11) is -1.51. The van der Waals surface area contributed by atoms with Gasteiger partial charge in [0, 0.05) is 30.7 Å². The molecule has 2 aromatic rings. The molecule has 25 heavy (non-hydrogen) atoms. The molecule has 0 saturated carbocycles. The van der Waals surface area contributed by atoms with Crippen molar-refractivity contribution in [3.05, 3.63) is 33.2 Å². The Morgan fingerprint density at radius 3 is 2.64 bits per heavy atom. The summed E-state index contributed by atoms with van der Waals surface area (Å²) in [4.78, 5) is 14.3. The number of oxazole rings is 1. The Bertz CT molecular complexity index is 913. The lowest BCUT2D eigenvalue weighted by atomic mass is 10.1. The van der Waals surface area contributed by atoms with Crippen molar-refractivity contribution in [2.45, 2.75) is 32.5 Å². The van der Waals surface area contributed by atoms with Crippen LogP contribution in [0, 0.1) is 0 Å². The number of fused-ring (bicyclic) bond motifs is 1. The maximum Gasteiger partial charge on any atom is 0.421 e. The summed E-state index contributed by atoms with van der Waals surface area (Å²) < 4.78 is 33.3. The lowest BCUT2D eigenvalue weighted by molar-refractivity contribution is 0.137. The molecule has 3 rings (SSSR count). The SMILES string of the molecule is CCS(=O)(=O)N(C)C1CCN(Cn2c(=O)oc3cc(Br)ccc32)CC1. The zero-order chi connectivity index (χ0) is 18.2. The van der Waals surface area contributed by atoms with E-state index in [0.717, 1.165) is 35.9 Å². The zero-order valence-electron chi connectivity index (χ0n) is 14.3. The number of hydrogen-bond acceptors (Lipinski definition) is 5. The van der Waals surface area contributed by atoms with Gasteiger partial charge in [-0.15, -0.1) is 0 Å². The van der Waals surface area contributed by atoms with Gasteiger partial charge in [-0.3, -0.25) is 9.47 Å². The van der Waals surface area contributed by atoms with Crippen molar-refractivity contribution >= 4 is 37.1 Å². The van der Waals surface area contributed by atoms with Crippen molar-refractivity contribution < 1.29 is 12.8 Å². The molecule has 1 fully saturated rings. The summed E-state index contributed by atoms with van der Waals surface area (Å²) in [5.74, 6) is -0.253. The van der Waals surface area contributed by atoms with Gasteiger partial charge in [0.2, 0.25) is 10.0 Å². The normalized spacial score (nSPS) is 17.6. The van der Waals surface area contributed by atoms with E-state index in [1.807, 2.05) is 12.1 Å². The molecule has 2 heterocycles. The van der Waals surface area contributed by atoms with Gasteiger partial charge in [-0.25, -0.2) is 17.5 Å². The van der Waals surface area contributed by atoms with E-state index in [2.05, 4.69) is 20.8 Å². The van der Waals surface area contributed by atoms with E-state index < -0.39 is 10.0 Å². The van der Waals surface area contributed by atoms with Crippen LogP contribution in [0.25, 0.3) is 11.1 Å². The number of piperidine rings is 1. The highest BCUT2D eigenvalue weighted by Gasteiger charge is 2.29. The van der Waals surface area contributed by atoms with Crippen molar-refractivity contribution in [2.24, 2.45) is 0 Å². The topological polar surface area (TPSA) is 75.8 Å². The summed E-state index contributed by atoms with van der Waals surface area (Å²) in [5.41, 5.74) is 1.32. The minimum absolute atomic E-state index is 0.0231. The Morgan fingerprint density at radius 1 is 1.32 bits per heavy atom. The molecule has 7 nitrogen and oxygen atoms in total. The van der Waals surface area contributed by atoms with E-state index in [4.69, 9.17) is 4.42 Å². The maximum atomic E-state index is 12.1. The van der Waals surface area contributed by atoms with Crippen molar-refractivity contribution in [3.63, 3.8) is 0 Å². The fourth-order valence-electron chi connectivity index (χ4n) is 3.23. The van der Waals surface area contributed by atoms with Gasteiger partial charge in [-0.05, 0) is 38.0 Å². The van der Waals surface area contributed by atoms with Crippen LogP contribution in [0.4, 0.5) is 0 Å². The fraction of sp³-hybridized carbons (Fsp3) is 0.562. The molecule has 1 aromatic heterocycles. The second-order valence-electron chi connectivity index (χ2n) is 6.32. The summed E-state index contributed by atoms with van der Waals surface area (Å²) in [6.45, 7) is 3.59. The quantitative estimate of drug-likeness (QED) is 0.723. The molecule has 0 aliphatic carbocycles. The number of hydrogen-bond donors (Lipinski definition) is 0. The van der Waals surface area contributed by atoms with Crippen LogP contribution in [0.3, 0.4) is 0 Å². The van der Waals surface area contributed by atoms with E-state index in [0.29, 0.717) is 12.3 Å². The molecule has 9 heteroatoms. The monoisotopic (exact) mass is 431 g/mol. The molecule has 0 amide bonds. The molecule has 0 N–H and O–H groups in total. The molecule has 1 aliphatic heterocycles. The first-order chi connectivity index (χ1) is 11.8. The van der Waals surface area contributed by atoms with Crippen LogP contribution in [-0.4, -0.2) is 54.1 Å². The summed E-state index contributed by atoms with van der Waals surface area (Å²) in [6.07, 6.45) is 1.51. The van der Waals surface area contributed by atoms with Crippen LogP contribution >= 0.6 is 15.9 Å². The number of benzene rings is 1. The summed E-state index contributed by atoms with van der Waals surface area (Å²) in [6, 6.07) is 5.54. The predicted molar refractivity (Wildman–Crippen MR) is 100.0 cm³/mol. The highest BCUT2D eigenvalue weighted by atomic mass is 79.9. The summed E-state index contributed by atoms with van der Waals surface area (Å²) >= 11 is 3.37. The fourth-order valence-corrected chi connectivity index (χ4v) is 4.64. The van der Waals surface area contributed by atoms with Gasteiger partial charge in [-0.1, -0.05) is 15.9 Å². The van der Waals surface area contributed by atoms with Gasteiger partial charge < -0.3 is 4.42 Å². The Kier molecular flexibility index (Phi) is 5.38. The third-order valence-electron chi connectivity index (χ3n) is 4.85. The molecule has 1 saturated heterocycles. The Morgan fingerprint density at radius 2 is 2.00 bits per heavy atom. The third kappa shape index (κ3) is 3.84. The molecule has 0 unspecified atom stereocenters. The van der Waals surface area contributed by atoms with Crippen molar-refractivity contribution in [2.75, 3.05) is 25.9 Å². The highest BCUT2D eigenvalue weighted by Crippen LogP contribution is 2.21. The molecule has 138 valence electrons. The van der Waals surface area contributed by atoms with Crippen molar-refractivity contribution in [1.82, 2.24) is 13.8 Å². The molecule has 1 aliphatic rings. The van der Waals surface area contributed by atoms with E-state index in [-0.39, 0.29) is 17.6 Å². The van der Waals surface area contributed by atoms with E-state index >= 15 is 0 Å². The average molecular weight is 432 g/mol. The Balaban J connectivity index is 1.69. The number of sulfonamides is 1.